The lowest BCUT2D eigenvalue weighted by Crippen LogP contribution is -2.43. The van der Waals surface area contributed by atoms with Crippen molar-refractivity contribution in [2.45, 2.75) is 38.9 Å². The van der Waals surface area contributed by atoms with E-state index in [1.165, 1.54) is 29.2 Å². The molecule has 1 fully saturated rings. The first-order valence-corrected chi connectivity index (χ1v) is 6.90. The molecule has 1 aliphatic rings. The normalized spacial score (nSPS) is 18.3. The van der Waals surface area contributed by atoms with Crippen molar-refractivity contribution in [2.24, 2.45) is 0 Å². The molecular formula is C15H17F3N2O2. The van der Waals surface area contributed by atoms with Crippen LogP contribution in [0.25, 0.3) is 0 Å². The van der Waals surface area contributed by atoms with Gasteiger partial charge in [0.15, 0.2) is 0 Å². The van der Waals surface area contributed by atoms with Crippen molar-refractivity contribution < 1.29 is 22.8 Å². The monoisotopic (exact) mass is 314 g/mol. The number of nitrogens with zero attached hydrogens (tertiary/aromatic N) is 2. The van der Waals surface area contributed by atoms with Crippen LogP contribution in [-0.4, -0.2) is 35.1 Å². The minimum absolute atomic E-state index is 0.0851. The second-order valence-electron chi connectivity index (χ2n) is 5.68. The largest absolute Gasteiger partial charge is 0.393 e. The molecule has 0 N–H and O–H groups in total. The molecular weight excluding hydrogens is 297 g/mol. The average Bonchev–Trinajstić information content (AvgIpc) is 2.55. The maximum atomic E-state index is 12.4. The van der Waals surface area contributed by atoms with Gasteiger partial charge in [0.25, 0.3) is 5.91 Å². The first kappa shape index (κ1) is 16.3. The molecule has 120 valence electrons. The maximum absolute atomic E-state index is 12.4. The first-order valence-electron chi connectivity index (χ1n) is 6.90. The Balaban J connectivity index is 2.29. The van der Waals surface area contributed by atoms with Crippen LogP contribution in [-0.2, 0) is 11.2 Å². The van der Waals surface area contributed by atoms with Crippen molar-refractivity contribution in [3.63, 3.8) is 0 Å². The fourth-order valence-electron chi connectivity index (χ4n) is 2.59. The number of hydrogen-bond donors (Lipinski definition) is 0. The summed E-state index contributed by atoms with van der Waals surface area (Å²) in [5, 5.41) is 0. The SMILES string of the molecule is CCN1C(=O)N(c2ccc(CC(F)(F)F)cc2)C(=O)C1(C)C. The number of carbonyl (C=O) groups excluding carboxylic acids is 2. The summed E-state index contributed by atoms with van der Waals surface area (Å²) in [6, 6.07) is 4.84. The van der Waals surface area contributed by atoms with Gasteiger partial charge in [0.2, 0.25) is 0 Å². The van der Waals surface area contributed by atoms with Crippen molar-refractivity contribution in [3.05, 3.63) is 29.8 Å². The van der Waals surface area contributed by atoms with Gasteiger partial charge in [-0.2, -0.15) is 13.2 Å². The molecule has 1 heterocycles. The Bertz CT molecular complexity index is 594. The lowest BCUT2D eigenvalue weighted by molar-refractivity contribution is -0.127. The molecule has 0 saturated carbocycles. The summed E-state index contributed by atoms with van der Waals surface area (Å²) in [5.74, 6) is -0.386. The zero-order chi connectivity index (χ0) is 16.7. The van der Waals surface area contributed by atoms with E-state index in [9.17, 15) is 22.8 Å². The summed E-state index contributed by atoms with van der Waals surface area (Å²) in [5.41, 5.74) is -0.594. The van der Waals surface area contributed by atoms with E-state index in [0.717, 1.165) is 4.90 Å². The number of amides is 3. The number of benzene rings is 1. The maximum Gasteiger partial charge on any atom is 0.393 e. The van der Waals surface area contributed by atoms with Crippen LogP contribution in [0.1, 0.15) is 26.3 Å². The van der Waals surface area contributed by atoms with Gasteiger partial charge in [-0.25, -0.2) is 9.69 Å². The van der Waals surface area contributed by atoms with Crippen molar-refractivity contribution in [1.29, 1.82) is 0 Å². The van der Waals surface area contributed by atoms with Crippen LogP contribution < -0.4 is 4.90 Å². The van der Waals surface area contributed by atoms with E-state index >= 15 is 0 Å². The van der Waals surface area contributed by atoms with Gasteiger partial charge in [-0.05, 0) is 38.5 Å². The van der Waals surface area contributed by atoms with Crippen LogP contribution >= 0.6 is 0 Å². The van der Waals surface area contributed by atoms with Crippen LogP contribution in [0.15, 0.2) is 24.3 Å². The third-order valence-corrected chi connectivity index (χ3v) is 3.74. The quantitative estimate of drug-likeness (QED) is 0.803. The molecule has 0 aromatic heterocycles. The molecule has 0 bridgehead atoms. The predicted molar refractivity (Wildman–Crippen MR) is 75.5 cm³/mol. The van der Waals surface area contributed by atoms with Crippen LogP contribution in [0, 0.1) is 0 Å². The highest BCUT2D eigenvalue weighted by atomic mass is 19.4. The van der Waals surface area contributed by atoms with Crippen molar-refractivity contribution in [1.82, 2.24) is 4.90 Å². The van der Waals surface area contributed by atoms with Crippen LogP contribution in [0.5, 0.6) is 0 Å². The molecule has 0 spiro atoms. The molecule has 1 saturated heterocycles. The summed E-state index contributed by atoms with van der Waals surface area (Å²) in [6.07, 6.45) is -5.33. The van der Waals surface area contributed by atoms with E-state index in [4.69, 9.17) is 0 Å². The molecule has 0 atom stereocenters. The fraction of sp³-hybridized carbons (Fsp3) is 0.467. The standard InChI is InChI=1S/C15H17F3N2O2/c1-4-19-13(22)20(12(21)14(19,2)3)11-7-5-10(6-8-11)9-15(16,17)18/h5-8H,4,9H2,1-3H3. The van der Waals surface area contributed by atoms with Crippen molar-refractivity contribution in [3.8, 4) is 0 Å². The first-order chi connectivity index (χ1) is 10.1. The zero-order valence-corrected chi connectivity index (χ0v) is 12.6. The Morgan fingerprint density at radius 1 is 1.09 bits per heavy atom. The minimum atomic E-state index is -4.29. The minimum Gasteiger partial charge on any atom is -0.310 e. The molecule has 7 heteroatoms. The summed E-state index contributed by atoms with van der Waals surface area (Å²) in [4.78, 5) is 27.2. The van der Waals surface area contributed by atoms with E-state index < -0.39 is 24.2 Å². The highest BCUT2D eigenvalue weighted by molar-refractivity contribution is 6.22. The number of carbonyl (C=O) groups is 2. The molecule has 3 amide bonds. The van der Waals surface area contributed by atoms with E-state index in [0.29, 0.717) is 6.54 Å². The van der Waals surface area contributed by atoms with Gasteiger partial charge in [0.05, 0.1) is 12.1 Å². The predicted octanol–water partition coefficient (Wildman–Crippen LogP) is 3.36. The van der Waals surface area contributed by atoms with E-state index in [-0.39, 0.29) is 17.2 Å². The van der Waals surface area contributed by atoms with Gasteiger partial charge in [-0.3, -0.25) is 4.79 Å². The van der Waals surface area contributed by atoms with Gasteiger partial charge >= 0.3 is 12.2 Å². The molecule has 22 heavy (non-hydrogen) atoms. The molecule has 1 aromatic rings. The van der Waals surface area contributed by atoms with Crippen molar-refractivity contribution >= 4 is 17.6 Å². The van der Waals surface area contributed by atoms with Gasteiger partial charge in [0, 0.05) is 6.54 Å². The van der Waals surface area contributed by atoms with Gasteiger partial charge in [-0.15, -0.1) is 0 Å². The molecule has 2 rings (SSSR count). The number of hydrogen-bond acceptors (Lipinski definition) is 2. The number of anilines is 1. The summed E-state index contributed by atoms with van der Waals surface area (Å²) in [7, 11) is 0. The number of imide groups is 1. The Hall–Kier alpha value is -2.05. The number of halogens is 3. The third kappa shape index (κ3) is 2.80. The highest BCUT2D eigenvalue weighted by Crippen LogP contribution is 2.32. The van der Waals surface area contributed by atoms with E-state index in [2.05, 4.69) is 0 Å². The van der Waals surface area contributed by atoms with E-state index in [1.54, 1.807) is 20.8 Å². The van der Waals surface area contributed by atoms with Crippen molar-refractivity contribution in [2.75, 3.05) is 11.4 Å². The fourth-order valence-corrected chi connectivity index (χ4v) is 2.59. The smallest absolute Gasteiger partial charge is 0.310 e. The van der Waals surface area contributed by atoms with Gasteiger partial charge < -0.3 is 4.90 Å². The Morgan fingerprint density at radius 2 is 1.64 bits per heavy atom. The zero-order valence-electron chi connectivity index (χ0n) is 12.6. The number of rotatable bonds is 3. The highest BCUT2D eigenvalue weighted by Gasteiger charge is 2.51. The molecule has 0 unspecified atom stereocenters. The number of urea groups is 1. The summed E-state index contributed by atoms with van der Waals surface area (Å²) in [6.45, 7) is 5.44. The molecule has 0 aliphatic carbocycles. The lowest BCUT2D eigenvalue weighted by atomic mass is 10.0. The number of alkyl halides is 3. The van der Waals surface area contributed by atoms with Crippen LogP contribution in [0.3, 0.4) is 0 Å². The lowest BCUT2D eigenvalue weighted by Gasteiger charge is -2.25. The molecule has 1 aromatic carbocycles. The third-order valence-electron chi connectivity index (χ3n) is 3.74. The second kappa shape index (κ2) is 5.30. The topological polar surface area (TPSA) is 40.6 Å². The molecule has 0 radical (unpaired) electrons. The Kier molecular flexibility index (Phi) is 3.93. The van der Waals surface area contributed by atoms with Crippen LogP contribution in [0.4, 0.5) is 23.7 Å². The molecule has 1 aliphatic heterocycles. The van der Waals surface area contributed by atoms with E-state index in [1.807, 2.05) is 0 Å². The number of likely N-dealkylation sites (N-methyl/N-ethyl adjacent to an activating group) is 1. The molecule has 4 nitrogen and oxygen atoms in total. The second-order valence-corrected chi connectivity index (χ2v) is 5.68. The summed E-state index contributed by atoms with van der Waals surface area (Å²) < 4.78 is 37.0. The average molecular weight is 314 g/mol. The van der Waals surface area contributed by atoms with Gasteiger partial charge in [0.1, 0.15) is 5.54 Å². The van der Waals surface area contributed by atoms with Gasteiger partial charge in [-0.1, -0.05) is 12.1 Å². The summed E-state index contributed by atoms with van der Waals surface area (Å²) >= 11 is 0. The Morgan fingerprint density at radius 3 is 2.05 bits per heavy atom. The van der Waals surface area contributed by atoms with Crippen LogP contribution in [0.2, 0.25) is 0 Å². The Labute approximate surface area is 126 Å².